The van der Waals surface area contributed by atoms with Gasteiger partial charge in [0.15, 0.2) is 0 Å². The lowest BCUT2D eigenvalue weighted by atomic mass is 9.81. The van der Waals surface area contributed by atoms with Crippen LogP contribution in [0.15, 0.2) is 35.9 Å². The lowest BCUT2D eigenvalue weighted by Crippen LogP contribution is -2.11. The van der Waals surface area contributed by atoms with E-state index in [1.165, 1.54) is 47.9 Å². The van der Waals surface area contributed by atoms with E-state index in [-0.39, 0.29) is 5.41 Å². The molecule has 0 heterocycles. The molecule has 0 unspecified atom stereocenters. The van der Waals surface area contributed by atoms with Crippen LogP contribution < -0.4 is 0 Å². The maximum Gasteiger partial charge on any atom is -0.00603 e. The number of rotatable bonds is 1. The Morgan fingerprint density at radius 1 is 0.875 bits per heavy atom. The van der Waals surface area contributed by atoms with Crippen LogP contribution in [-0.4, -0.2) is 0 Å². The van der Waals surface area contributed by atoms with Gasteiger partial charge in [0.05, 0.1) is 0 Å². The van der Waals surface area contributed by atoms with E-state index >= 15 is 0 Å². The number of benzene rings is 2. The normalized spacial score (nSPS) is 16.6. The SMILES string of the molecule is CC1=Cc2c(cc(-c3ccc(C(C)(C)C)cc3)c3c2CCCC3)C1. The Morgan fingerprint density at radius 3 is 2.21 bits per heavy atom. The first kappa shape index (κ1) is 15.7. The second-order valence-corrected chi connectivity index (χ2v) is 8.66. The molecule has 0 bridgehead atoms. The summed E-state index contributed by atoms with van der Waals surface area (Å²) < 4.78 is 0. The van der Waals surface area contributed by atoms with Crippen molar-refractivity contribution in [1.82, 2.24) is 0 Å². The molecule has 124 valence electrons. The molecule has 0 fully saturated rings. The molecular weight excluding hydrogens is 288 g/mol. The Bertz CT molecular complexity index is 811. The molecule has 0 saturated carbocycles. The van der Waals surface area contributed by atoms with Crippen LogP contribution in [0, 0.1) is 0 Å². The van der Waals surface area contributed by atoms with Crippen LogP contribution in [0.4, 0.5) is 0 Å². The minimum absolute atomic E-state index is 0.219. The van der Waals surface area contributed by atoms with Gasteiger partial charge in [0.25, 0.3) is 0 Å². The van der Waals surface area contributed by atoms with E-state index in [2.05, 4.69) is 64.1 Å². The van der Waals surface area contributed by atoms with Crippen LogP contribution in [0.5, 0.6) is 0 Å². The molecule has 0 radical (unpaired) electrons. The zero-order valence-electron chi connectivity index (χ0n) is 15.5. The highest BCUT2D eigenvalue weighted by molar-refractivity contribution is 5.78. The van der Waals surface area contributed by atoms with Crippen molar-refractivity contribution in [3.8, 4) is 11.1 Å². The van der Waals surface area contributed by atoms with E-state index in [0.29, 0.717) is 0 Å². The maximum absolute atomic E-state index is 2.48. The van der Waals surface area contributed by atoms with Gasteiger partial charge < -0.3 is 0 Å². The first-order chi connectivity index (χ1) is 11.4. The largest absolute Gasteiger partial charge is 0.0683 e. The second-order valence-electron chi connectivity index (χ2n) is 8.66. The first-order valence-corrected chi connectivity index (χ1v) is 9.39. The van der Waals surface area contributed by atoms with E-state index < -0.39 is 0 Å². The average molecular weight is 316 g/mol. The molecule has 0 heteroatoms. The van der Waals surface area contributed by atoms with Crippen LogP contribution in [0.2, 0.25) is 0 Å². The molecule has 0 atom stereocenters. The van der Waals surface area contributed by atoms with Crippen molar-refractivity contribution < 1.29 is 0 Å². The predicted molar refractivity (Wildman–Crippen MR) is 105 cm³/mol. The molecule has 0 aliphatic heterocycles. The Morgan fingerprint density at radius 2 is 1.54 bits per heavy atom. The topological polar surface area (TPSA) is 0 Å². The fraction of sp³-hybridized carbons (Fsp3) is 0.417. The summed E-state index contributed by atoms with van der Waals surface area (Å²) in [6.45, 7) is 9.13. The minimum Gasteiger partial charge on any atom is -0.0683 e. The lowest BCUT2D eigenvalue weighted by Gasteiger charge is -2.24. The van der Waals surface area contributed by atoms with Crippen molar-refractivity contribution in [2.24, 2.45) is 0 Å². The molecule has 2 aliphatic rings. The third kappa shape index (κ3) is 2.62. The number of hydrogen-bond donors (Lipinski definition) is 0. The Labute approximate surface area is 146 Å². The smallest absolute Gasteiger partial charge is 0.00603 e. The molecule has 2 aromatic rings. The van der Waals surface area contributed by atoms with Gasteiger partial charge in [0.2, 0.25) is 0 Å². The quantitative estimate of drug-likeness (QED) is 0.564. The van der Waals surface area contributed by atoms with E-state index in [1.807, 2.05) is 0 Å². The van der Waals surface area contributed by atoms with Gasteiger partial charge in [-0.25, -0.2) is 0 Å². The average Bonchev–Trinajstić information content (AvgIpc) is 2.94. The van der Waals surface area contributed by atoms with E-state index in [0.717, 1.165) is 6.42 Å². The molecule has 24 heavy (non-hydrogen) atoms. The van der Waals surface area contributed by atoms with E-state index in [4.69, 9.17) is 0 Å². The second kappa shape index (κ2) is 5.62. The third-order valence-corrected chi connectivity index (χ3v) is 5.70. The summed E-state index contributed by atoms with van der Waals surface area (Å²) in [5, 5.41) is 0. The Kier molecular flexibility index (Phi) is 3.67. The molecule has 0 amide bonds. The fourth-order valence-corrected chi connectivity index (χ4v) is 4.36. The van der Waals surface area contributed by atoms with Gasteiger partial charge in [-0.15, -0.1) is 0 Å². The van der Waals surface area contributed by atoms with Gasteiger partial charge in [0.1, 0.15) is 0 Å². The molecule has 0 saturated heterocycles. The zero-order valence-corrected chi connectivity index (χ0v) is 15.5. The van der Waals surface area contributed by atoms with Crippen LogP contribution in [0.3, 0.4) is 0 Å². The van der Waals surface area contributed by atoms with Crippen molar-refractivity contribution in [2.75, 3.05) is 0 Å². The van der Waals surface area contributed by atoms with Crippen LogP contribution in [0.25, 0.3) is 17.2 Å². The van der Waals surface area contributed by atoms with Gasteiger partial charge in [-0.3, -0.25) is 0 Å². The predicted octanol–water partition coefficient (Wildman–Crippen LogP) is 6.49. The monoisotopic (exact) mass is 316 g/mol. The van der Waals surface area contributed by atoms with Crippen LogP contribution >= 0.6 is 0 Å². The number of hydrogen-bond acceptors (Lipinski definition) is 0. The summed E-state index contributed by atoms with van der Waals surface area (Å²) in [6, 6.07) is 11.8. The summed E-state index contributed by atoms with van der Waals surface area (Å²) in [5.74, 6) is 0. The van der Waals surface area contributed by atoms with Crippen molar-refractivity contribution in [2.45, 2.75) is 65.2 Å². The molecule has 0 aromatic heterocycles. The molecule has 0 nitrogen and oxygen atoms in total. The highest BCUT2D eigenvalue weighted by atomic mass is 14.3. The summed E-state index contributed by atoms with van der Waals surface area (Å²) in [5.41, 5.74) is 12.4. The van der Waals surface area contributed by atoms with Crippen LogP contribution in [-0.2, 0) is 24.7 Å². The van der Waals surface area contributed by atoms with Gasteiger partial charge in [-0.05, 0) is 89.5 Å². The molecule has 4 rings (SSSR count). The zero-order chi connectivity index (χ0) is 16.9. The lowest BCUT2D eigenvalue weighted by molar-refractivity contribution is 0.590. The number of fused-ring (bicyclic) bond motifs is 3. The maximum atomic E-state index is 2.48. The van der Waals surface area contributed by atoms with Crippen molar-refractivity contribution in [3.63, 3.8) is 0 Å². The first-order valence-electron chi connectivity index (χ1n) is 9.39. The van der Waals surface area contributed by atoms with Crippen molar-refractivity contribution in [3.05, 3.63) is 63.7 Å². The van der Waals surface area contributed by atoms with Crippen molar-refractivity contribution in [1.29, 1.82) is 0 Å². The van der Waals surface area contributed by atoms with Gasteiger partial charge in [-0.2, -0.15) is 0 Å². The molecule has 2 aromatic carbocycles. The number of allylic oxidation sites excluding steroid dienone is 1. The summed E-state index contributed by atoms with van der Waals surface area (Å²) in [4.78, 5) is 0. The highest BCUT2D eigenvalue weighted by Gasteiger charge is 2.23. The Hall–Kier alpha value is -1.82. The highest BCUT2D eigenvalue weighted by Crippen LogP contribution is 2.40. The molecule has 0 spiro atoms. The molecule has 2 aliphatic carbocycles. The van der Waals surface area contributed by atoms with E-state index in [1.54, 1.807) is 22.3 Å². The fourth-order valence-electron chi connectivity index (χ4n) is 4.36. The summed E-state index contributed by atoms with van der Waals surface area (Å²) >= 11 is 0. The van der Waals surface area contributed by atoms with E-state index in [9.17, 15) is 0 Å². The van der Waals surface area contributed by atoms with Gasteiger partial charge in [-0.1, -0.05) is 56.7 Å². The standard InChI is InChI=1S/C24H28/c1-16-13-18-15-23(17-9-11-19(12-10-17)24(2,3)4)21-8-6-5-7-20(21)22(18)14-16/h9-12,14-15H,5-8,13H2,1-4H3. The summed E-state index contributed by atoms with van der Waals surface area (Å²) in [6.07, 6.45) is 8.75. The molecule has 0 N–H and O–H groups in total. The Balaban J connectivity index is 1.84. The third-order valence-electron chi connectivity index (χ3n) is 5.70. The van der Waals surface area contributed by atoms with Gasteiger partial charge >= 0.3 is 0 Å². The van der Waals surface area contributed by atoms with Gasteiger partial charge in [0, 0.05) is 0 Å². The van der Waals surface area contributed by atoms with Crippen molar-refractivity contribution >= 4 is 6.08 Å². The van der Waals surface area contributed by atoms with Crippen LogP contribution in [0.1, 0.15) is 68.4 Å². The molecular formula is C24H28. The minimum atomic E-state index is 0.219. The summed E-state index contributed by atoms with van der Waals surface area (Å²) in [7, 11) is 0.